The first-order valence-electron chi connectivity index (χ1n) is 5.50. The molecule has 1 aromatic rings. The summed E-state index contributed by atoms with van der Waals surface area (Å²) in [5, 5.41) is 11.6. The van der Waals surface area contributed by atoms with E-state index < -0.39 is 5.97 Å². The summed E-state index contributed by atoms with van der Waals surface area (Å²) >= 11 is 0. The third-order valence-corrected chi connectivity index (χ3v) is 2.62. The quantitative estimate of drug-likeness (QED) is 0.664. The van der Waals surface area contributed by atoms with Gasteiger partial charge < -0.3 is 21.1 Å². The summed E-state index contributed by atoms with van der Waals surface area (Å²) in [7, 11) is 3.30. The van der Waals surface area contributed by atoms with Gasteiger partial charge in [0.15, 0.2) is 0 Å². The molecule has 18 heavy (non-hydrogen) atoms. The SMILES string of the molecule is CNC(=O)CCN(C)c1ccc(N)cc1C(=O)O. The van der Waals surface area contributed by atoms with E-state index in [1.54, 1.807) is 31.1 Å². The second kappa shape index (κ2) is 5.90. The first-order chi connectivity index (χ1) is 8.45. The molecule has 0 unspecified atom stereocenters. The zero-order chi connectivity index (χ0) is 13.7. The van der Waals surface area contributed by atoms with Crippen LogP contribution in [0.3, 0.4) is 0 Å². The Balaban J connectivity index is 2.88. The molecule has 1 rings (SSSR count). The highest BCUT2D eigenvalue weighted by Gasteiger charge is 2.14. The van der Waals surface area contributed by atoms with Crippen LogP contribution in [-0.2, 0) is 4.79 Å². The van der Waals surface area contributed by atoms with Crippen molar-refractivity contribution in [3.63, 3.8) is 0 Å². The highest BCUT2D eigenvalue weighted by molar-refractivity contribution is 5.95. The molecule has 0 aromatic heterocycles. The third kappa shape index (κ3) is 3.38. The predicted molar refractivity (Wildman–Crippen MR) is 69.8 cm³/mol. The van der Waals surface area contributed by atoms with E-state index in [1.807, 2.05) is 0 Å². The Kier molecular flexibility index (Phi) is 4.53. The zero-order valence-corrected chi connectivity index (χ0v) is 10.4. The predicted octanol–water partition coefficient (Wildman–Crippen LogP) is 0.539. The molecule has 1 amide bonds. The van der Waals surface area contributed by atoms with Gasteiger partial charge in [-0.05, 0) is 18.2 Å². The van der Waals surface area contributed by atoms with Crippen LogP contribution in [0.4, 0.5) is 11.4 Å². The van der Waals surface area contributed by atoms with Crippen molar-refractivity contribution in [2.75, 3.05) is 31.3 Å². The van der Waals surface area contributed by atoms with E-state index in [-0.39, 0.29) is 11.5 Å². The second-order valence-electron chi connectivity index (χ2n) is 3.93. The van der Waals surface area contributed by atoms with Crippen LogP contribution in [0.25, 0.3) is 0 Å². The number of rotatable bonds is 5. The summed E-state index contributed by atoms with van der Waals surface area (Å²) in [5.74, 6) is -1.13. The molecule has 0 aliphatic carbocycles. The van der Waals surface area contributed by atoms with Crippen LogP contribution in [0.1, 0.15) is 16.8 Å². The number of nitrogens with two attached hydrogens (primary N) is 1. The number of hydrogen-bond acceptors (Lipinski definition) is 4. The summed E-state index contributed by atoms with van der Waals surface area (Å²) in [6, 6.07) is 4.69. The molecule has 0 aliphatic heterocycles. The van der Waals surface area contributed by atoms with E-state index >= 15 is 0 Å². The number of amides is 1. The Morgan fingerprint density at radius 3 is 2.67 bits per heavy atom. The Hall–Kier alpha value is -2.24. The minimum absolute atomic E-state index is 0.0887. The molecule has 0 atom stereocenters. The van der Waals surface area contributed by atoms with Crippen LogP contribution in [0, 0.1) is 0 Å². The summed E-state index contributed by atoms with van der Waals surface area (Å²) in [4.78, 5) is 24.0. The molecule has 0 aliphatic rings. The number of carboxylic acids is 1. The zero-order valence-electron chi connectivity index (χ0n) is 10.4. The molecule has 0 saturated heterocycles. The highest BCUT2D eigenvalue weighted by atomic mass is 16.4. The maximum Gasteiger partial charge on any atom is 0.337 e. The van der Waals surface area contributed by atoms with Gasteiger partial charge in [-0.25, -0.2) is 4.79 Å². The Bertz CT molecular complexity index is 460. The molecular weight excluding hydrogens is 234 g/mol. The Morgan fingerprint density at radius 2 is 2.11 bits per heavy atom. The number of hydrogen-bond donors (Lipinski definition) is 3. The van der Waals surface area contributed by atoms with Crippen LogP contribution < -0.4 is 16.0 Å². The molecule has 0 radical (unpaired) electrons. The molecule has 0 spiro atoms. The van der Waals surface area contributed by atoms with Crippen molar-refractivity contribution in [2.24, 2.45) is 0 Å². The smallest absolute Gasteiger partial charge is 0.337 e. The van der Waals surface area contributed by atoms with E-state index in [9.17, 15) is 9.59 Å². The van der Waals surface area contributed by atoms with Crippen LogP contribution in [0.15, 0.2) is 18.2 Å². The van der Waals surface area contributed by atoms with Gasteiger partial charge in [0.2, 0.25) is 5.91 Å². The van der Waals surface area contributed by atoms with Gasteiger partial charge in [-0.2, -0.15) is 0 Å². The lowest BCUT2D eigenvalue weighted by Gasteiger charge is -2.21. The normalized spacial score (nSPS) is 9.89. The average molecular weight is 251 g/mol. The van der Waals surface area contributed by atoms with Crippen molar-refractivity contribution in [3.8, 4) is 0 Å². The number of nitrogens with one attached hydrogen (secondary N) is 1. The fourth-order valence-corrected chi connectivity index (χ4v) is 1.57. The molecule has 0 fully saturated rings. The number of nitrogen functional groups attached to an aromatic ring is 1. The van der Waals surface area contributed by atoms with E-state index in [0.717, 1.165) is 0 Å². The molecule has 0 heterocycles. The number of benzene rings is 1. The fraction of sp³-hybridized carbons (Fsp3) is 0.333. The first-order valence-corrected chi connectivity index (χ1v) is 5.50. The molecule has 6 heteroatoms. The topological polar surface area (TPSA) is 95.7 Å². The van der Waals surface area contributed by atoms with Gasteiger partial charge in [-0.1, -0.05) is 0 Å². The molecule has 1 aromatic carbocycles. The van der Waals surface area contributed by atoms with E-state index in [4.69, 9.17) is 10.8 Å². The maximum atomic E-state index is 11.1. The molecule has 0 saturated carbocycles. The van der Waals surface area contributed by atoms with Crippen LogP contribution in [-0.4, -0.2) is 37.6 Å². The van der Waals surface area contributed by atoms with Gasteiger partial charge in [0, 0.05) is 32.7 Å². The monoisotopic (exact) mass is 251 g/mol. The number of aromatic carboxylic acids is 1. The lowest BCUT2D eigenvalue weighted by Crippen LogP contribution is -2.27. The first kappa shape index (κ1) is 13.8. The Labute approximate surface area is 105 Å². The van der Waals surface area contributed by atoms with Crippen molar-refractivity contribution in [1.29, 1.82) is 0 Å². The van der Waals surface area contributed by atoms with Crippen molar-refractivity contribution < 1.29 is 14.7 Å². The molecule has 6 nitrogen and oxygen atoms in total. The van der Waals surface area contributed by atoms with E-state index in [2.05, 4.69) is 5.32 Å². The van der Waals surface area contributed by atoms with Gasteiger partial charge in [0.1, 0.15) is 0 Å². The number of carboxylic acid groups (broad SMARTS) is 1. The van der Waals surface area contributed by atoms with Crippen LogP contribution in [0.5, 0.6) is 0 Å². The summed E-state index contributed by atoms with van der Waals surface area (Å²) in [6.07, 6.45) is 0.302. The summed E-state index contributed by atoms with van der Waals surface area (Å²) < 4.78 is 0. The fourth-order valence-electron chi connectivity index (χ4n) is 1.57. The number of anilines is 2. The molecular formula is C12H17N3O3. The molecule has 0 bridgehead atoms. The molecule has 98 valence electrons. The average Bonchev–Trinajstić information content (AvgIpc) is 2.35. The maximum absolute atomic E-state index is 11.1. The number of carbonyl (C=O) groups excluding carboxylic acids is 1. The van der Waals surface area contributed by atoms with E-state index in [0.29, 0.717) is 24.3 Å². The van der Waals surface area contributed by atoms with E-state index in [1.165, 1.54) is 6.07 Å². The van der Waals surface area contributed by atoms with Crippen molar-refractivity contribution in [2.45, 2.75) is 6.42 Å². The standard InChI is InChI=1S/C12H17N3O3/c1-14-11(16)5-6-15(2)10-4-3-8(13)7-9(10)12(17)18/h3-4,7H,5-6,13H2,1-2H3,(H,14,16)(H,17,18). The molecule has 4 N–H and O–H groups in total. The Morgan fingerprint density at radius 1 is 1.44 bits per heavy atom. The van der Waals surface area contributed by atoms with Crippen molar-refractivity contribution in [3.05, 3.63) is 23.8 Å². The lowest BCUT2D eigenvalue weighted by molar-refractivity contribution is -0.120. The minimum Gasteiger partial charge on any atom is -0.478 e. The lowest BCUT2D eigenvalue weighted by atomic mass is 10.1. The van der Waals surface area contributed by atoms with Gasteiger partial charge in [0.05, 0.1) is 11.3 Å². The largest absolute Gasteiger partial charge is 0.478 e. The van der Waals surface area contributed by atoms with Crippen molar-refractivity contribution >= 4 is 23.3 Å². The van der Waals surface area contributed by atoms with Gasteiger partial charge >= 0.3 is 5.97 Å². The summed E-state index contributed by atoms with van der Waals surface area (Å²) in [6.45, 7) is 0.434. The second-order valence-corrected chi connectivity index (χ2v) is 3.93. The minimum atomic E-state index is -1.04. The number of nitrogens with zero attached hydrogens (tertiary/aromatic N) is 1. The van der Waals surface area contributed by atoms with Gasteiger partial charge in [-0.3, -0.25) is 4.79 Å². The highest BCUT2D eigenvalue weighted by Crippen LogP contribution is 2.22. The van der Waals surface area contributed by atoms with Gasteiger partial charge in [-0.15, -0.1) is 0 Å². The van der Waals surface area contributed by atoms with Crippen LogP contribution in [0.2, 0.25) is 0 Å². The third-order valence-electron chi connectivity index (χ3n) is 2.62. The summed E-state index contributed by atoms with van der Waals surface area (Å²) in [5.41, 5.74) is 6.64. The van der Waals surface area contributed by atoms with Gasteiger partial charge in [0.25, 0.3) is 0 Å². The number of carbonyl (C=O) groups is 2. The van der Waals surface area contributed by atoms with Crippen molar-refractivity contribution in [1.82, 2.24) is 5.32 Å². The van der Waals surface area contributed by atoms with Crippen LogP contribution >= 0.6 is 0 Å².